The fourth-order valence-electron chi connectivity index (χ4n) is 3.89. The summed E-state index contributed by atoms with van der Waals surface area (Å²) < 4.78 is 2.08. The average molecular weight is 384 g/mol. The molecular formula is C22H33N5O. The lowest BCUT2D eigenvalue weighted by Gasteiger charge is -2.25. The van der Waals surface area contributed by atoms with Crippen molar-refractivity contribution in [1.82, 2.24) is 25.0 Å². The third-order valence-electron chi connectivity index (χ3n) is 5.32. The van der Waals surface area contributed by atoms with E-state index in [1.54, 1.807) is 19.0 Å². The molecule has 1 aliphatic rings. The predicted octanol–water partition coefficient (Wildman–Crippen LogP) is 2.72. The molecule has 0 aromatic carbocycles. The molecule has 2 aromatic heterocycles. The van der Waals surface area contributed by atoms with Crippen molar-refractivity contribution in [2.45, 2.75) is 58.5 Å². The van der Waals surface area contributed by atoms with Crippen LogP contribution in [-0.2, 0) is 25.8 Å². The summed E-state index contributed by atoms with van der Waals surface area (Å²) in [7, 11) is 3.60. The van der Waals surface area contributed by atoms with Gasteiger partial charge in [0.1, 0.15) is 0 Å². The molecule has 28 heavy (non-hydrogen) atoms. The van der Waals surface area contributed by atoms with E-state index in [9.17, 15) is 4.79 Å². The molecule has 2 heterocycles. The summed E-state index contributed by atoms with van der Waals surface area (Å²) in [6.45, 7) is 6.24. The monoisotopic (exact) mass is 383 g/mol. The molecule has 1 atom stereocenters. The molecule has 0 saturated carbocycles. The van der Waals surface area contributed by atoms with Gasteiger partial charge >= 0.3 is 0 Å². The normalized spacial score (nSPS) is 16.2. The van der Waals surface area contributed by atoms with Crippen LogP contribution in [0.1, 0.15) is 54.0 Å². The zero-order valence-electron chi connectivity index (χ0n) is 17.6. The van der Waals surface area contributed by atoms with E-state index in [0.29, 0.717) is 17.7 Å². The average Bonchev–Trinajstić information content (AvgIpc) is 3.02. The van der Waals surface area contributed by atoms with Gasteiger partial charge in [-0.3, -0.25) is 14.5 Å². The molecule has 0 spiro atoms. The maximum atomic E-state index is 12.7. The third-order valence-corrected chi connectivity index (χ3v) is 5.32. The van der Waals surface area contributed by atoms with Gasteiger partial charge in [-0.15, -0.1) is 0 Å². The van der Waals surface area contributed by atoms with E-state index in [-0.39, 0.29) is 5.91 Å². The number of amides is 1. The summed E-state index contributed by atoms with van der Waals surface area (Å²) in [6.07, 6.45) is 8.83. The van der Waals surface area contributed by atoms with Crippen molar-refractivity contribution in [3.8, 4) is 0 Å². The van der Waals surface area contributed by atoms with Gasteiger partial charge in [0.2, 0.25) is 0 Å². The van der Waals surface area contributed by atoms with Crippen LogP contribution in [-0.4, -0.2) is 52.3 Å². The number of hydrogen-bond donors (Lipinski definition) is 1. The van der Waals surface area contributed by atoms with Gasteiger partial charge in [0.05, 0.1) is 0 Å². The molecule has 0 fully saturated rings. The highest BCUT2D eigenvalue weighted by Crippen LogP contribution is 2.26. The summed E-state index contributed by atoms with van der Waals surface area (Å²) in [6, 6.07) is 4.57. The molecule has 0 unspecified atom stereocenters. The predicted molar refractivity (Wildman–Crippen MR) is 111 cm³/mol. The number of hydrogen-bond acceptors (Lipinski definition) is 4. The highest BCUT2D eigenvalue weighted by Gasteiger charge is 2.29. The lowest BCUT2D eigenvalue weighted by molar-refractivity contribution is 0.0819. The molecule has 1 N–H and O–H groups in total. The van der Waals surface area contributed by atoms with Crippen molar-refractivity contribution in [2.24, 2.45) is 5.92 Å². The highest BCUT2D eigenvalue weighted by molar-refractivity contribution is 5.93. The van der Waals surface area contributed by atoms with Crippen molar-refractivity contribution in [3.63, 3.8) is 0 Å². The lowest BCUT2D eigenvalue weighted by atomic mass is 9.91. The quantitative estimate of drug-likeness (QED) is 0.712. The van der Waals surface area contributed by atoms with Crippen LogP contribution in [0.2, 0.25) is 0 Å². The van der Waals surface area contributed by atoms with Gasteiger partial charge in [0.25, 0.3) is 5.91 Å². The summed E-state index contributed by atoms with van der Waals surface area (Å²) in [5.74, 6) is 0.521. The molecule has 1 amide bonds. The molecule has 1 aliphatic carbocycles. The van der Waals surface area contributed by atoms with Crippen molar-refractivity contribution < 1.29 is 4.79 Å². The van der Waals surface area contributed by atoms with Crippen molar-refractivity contribution in [3.05, 3.63) is 47.0 Å². The number of pyridine rings is 1. The van der Waals surface area contributed by atoms with Gasteiger partial charge in [-0.1, -0.05) is 13.8 Å². The van der Waals surface area contributed by atoms with Crippen LogP contribution in [0.3, 0.4) is 0 Å². The minimum Gasteiger partial charge on any atom is -0.343 e. The second kappa shape index (κ2) is 9.32. The smallest absolute Gasteiger partial charge is 0.274 e. The molecule has 152 valence electrons. The van der Waals surface area contributed by atoms with E-state index in [2.05, 4.69) is 41.0 Å². The van der Waals surface area contributed by atoms with E-state index < -0.39 is 0 Å². The number of fused-ring (bicyclic) bond motifs is 1. The third kappa shape index (κ3) is 4.98. The summed E-state index contributed by atoms with van der Waals surface area (Å²) in [5.41, 5.74) is 4.38. The summed E-state index contributed by atoms with van der Waals surface area (Å²) >= 11 is 0. The molecular weight excluding hydrogens is 350 g/mol. The fraction of sp³-hybridized carbons (Fsp3) is 0.591. The Hall–Kier alpha value is -2.21. The Kier molecular flexibility index (Phi) is 6.83. The van der Waals surface area contributed by atoms with Crippen LogP contribution in [0.5, 0.6) is 0 Å². The van der Waals surface area contributed by atoms with Crippen LogP contribution < -0.4 is 5.32 Å². The van der Waals surface area contributed by atoms with E-state index in [1.165, 1.54) is 11.3 Å². The maximum Gasteiger partial charge on any atom is 0.274 e. The molecule has 2 aromatic rings. The van der Waals surface area contributed by atoms with Crippen LogP contribution in [0, 0.1) is 5.92 Å². The van der Waals surface area contributed by atoms with Gasteiger partial charge in [-0.25, -0.2) is 0 Å². The molecule has 0 bridgehead atoms. The minimum absolute atomic E-state index is 0.0112. The Labute approximate surface area is 168 Å². The Morgan fingerprint density at radius 3 is 2.75 bits per heavy atom. The van der Waals surface area contributed by atoms with E-state index in [1.807, 2.05) is 12.4 Å². The maximum absolute atomic E-state index is 12.7. The summed E-state index contributed by atoms with van der Waals surface area (Å²) in [4.78, 5) is 18.4. The molecule has 6 nitrogen and oxygen atoms in total. The van der Waals surface area contributed by atoms with Gasteiger partial charge in [0, 0.05) is 50.3 Å². The van der Waals surface area contributed by atoms with Crippen LogP contribution in [0.15, 0.2) is 24.5 Å². The zero-order valence-corrected chi connectivity index (χ0v) is 17.6. The van der Waals surface area contributed by atoms with Crippen LogP contribution >= 0.6 is 0 Å². The first-order valence-corrected chi connectivity index (χ1v) is 10.4. The fourth-order valence-corrected chi connectivity index (χ4v) is 3.89. The standard InChI is InChI=1S/C22H33N5O/c1-16(2)15-27-20-8-7-18(14-19(20)21(25-27)22(28)26(3)4)24-11-5-6-17-9-12-23-13-10-17/h9-10,12-13,16,18,24H,5-8,11,14-15H2,1-4H3/t18-/m1/s1. The molecule has 3 rings (SSSR count). The van der Waals surface area contributed by atoms with Crippen molar-refractivity contribution in [1.29, 1.82) is 0 Å². The van der Waals surface area contributed by atoms with Crippen LogP contribution in [0.4, 0.5) is 0 Å². The Balaban J connectivity index is 1.63. The Morgan fingerprint density at radius 2 is 2.07 bits per heavy atom. The SMILES string of the molecule is CC(C)Cn1nc(C(=O)N(C)C)c2c1CC[C@@H](NCCCc1ccncc1)C2. The zero-order chi connectivity index (χ0) is 20.1. The second-order valence-electron chi connectivity index (χ2n) is 8.40. The molecule has 6 heteroatoms. The van der Waals surface area contributed by atoms with E-state index in [0.717, 1.165) is 50.8 Å². The largest absolute Gasteiger partial charge is 0.343 e. The van der Waals surface area contributed by atoms with Crippen molar-refractivity contribution >= 4 is 5.91 Å². The number of aromatic nitrogens is 3. The Morgan fingerprint density at radius 1 is 1.32 bits per heavy atom. The number of carbonyl (C=O) groups excluding carboxylic acids is 1. The minimum atomic E-state index is 0.0112. The van der Waals surface area contributed by atoms with Gasteiger partial charge in [-0.05, 0) is 62.3 Å². The number of rotatable bonds is 8. The first kappa shape index (κ1) is 20.5. The number of nitrogens with zero attached hydrogens (tertiary/aromatic N) is 4. The molecule has 0 radical (unpaired) electrons. The Bertz CT molecular complexity index is 782. The highest BCUT2D eigenvalue weighted by atomic mass is 16.2. The number of carbonyl (C=O) groups is 1. The van der Waals surface area contributed by atoms with Gasteiger partial charge in [0.15, 0.2) is 5.69 Å². The second-order valence-corrected chi connectivity index (χ2v) is 8.40. The summed E-state index contributed by atoms with van der Waals surface area (Å²) in [5, 5.41) is 8.42. The van der Waals surface area contributed by atoms with Crippen LogP contribution in [0.25, 0.3) is 0 Å². The topological polar surface area (TPSA) is 63.1 Å². The van der Waals surface area contributed by atoms with Gasteiger partial charge < -0.3 is 10.2 Å². The van der Waals surface area contributed by atoms with E-state index in [4.69, 9.17) is 5.10 Å². The number of aryl methyl sites for hydroxylation is 1. The lowest BCUT2D eigenvalue weighted by Crippen LogP contribution is -2.36. The number of nitrogens with one attached hydrogen (secondary N) is 1. The van der Waals surface area contributed by atoms with Crippen molar-refractivity contribution in [2.75, 3.05) is 20.6 Å². The first-order valence-electron chi connectivity index (χ1n) is 10.4. The molecule has 0 saturated heterocycles. The first-order chi connectivity index (χ1) is 13.5. The van der Waals surface area contributed by atoms with Gasteiger partial charge in [-0.2, -0.15) is 5.10 Å². The van der Waals surface area contributed by atoms with E-state index >= 15 is 0 Å². The molecule has 0 aliphatic heterocycles.